The first-order valence-corrected chi connectivity index (χ1v) is 7.28. The highest BCUT2D eigenvalue weighted by atomic mass is 16.6. The molecule has 1 rings (SSSR count). The number of ether oxygens (including phenoxy) is 1. The molecule has 6 heteroatoms. The number of hydrogen-bond acceptors (Lipinski definition) is 4. The van der Waals surface area contributed by atoms with E-state index in [-0.39, 0.29) is 23.6 Å². The van der Waals surface area contributed by atoms with Crippen LogP contribution >= 0.6 is 0 Å². The van der Waals surface area contributed by atoms with Gasteiger partial charge in [0.1, 0.15) is 0 Å². The predicted octanol–water partition coefficient (Wildman–Crippen LogP) is 1.11. The lowest BCUT2D eigenvalue weighted by Gasteiger charge is -2.31. The van der Waals surface area contributed by atoms with Crippen molar-refractivity contribution in [1.82, 2.24) is 15.5 Å². The van der Waals surface area contributed by atoms with E-state index in [1.807, 2.05) is 20.8 Å². The van der Waals surface area contributed by atoms with Gasteiger partial charge in [-0.1, -0.05) is 0 Å². The minimum absolute atomic E-state index is 0.00493. The Bertz CT molecular complexity index is 331. The summed E-state index contributed by atoms with van der Waals surface area (Å²) in [5, 5.41) is 6.16. The van der Waals surface area contributed by atoms with Crippen molar-refractivity contribution in [2.75, 3.05) is 26.2 Å². The van der Waals surface area contributed by atoms with E-state index in [0.29, 0.717) is 26.2 Å². The molecule has 1 aliphatic heterocycles. The van der Waals surface area contributed by atoms with Crippen LogP contribution in [-0.4, -0.2) is 54.7 Å². The molecule has 0 unspecified atom stereocenters. The maximum atomic E-state index is 11.7. The molecular formula is C14H27N3O3. The Morgan fingerprint density at radius 1 is 1.25 bits per heavy atom. The van der Waals surface area contributed by atoms with E-state index in [0.717, 1.165) is 12.8 Å². The van der Waals surface area contributed by atoms with Crippen LogP contribution in [0.3, 0.4) is 0 Å². The molecule has 0 aromatic heterocycles. The molecule has 1 fully saturated rings. The first kappa shape index (κ1) is 16.8. The van der Waals surface area contributed by atoms with Gasteiger partial charge < -0.3 is 20.3 Å². The van der Waals surface area contributed by atoms with Gasteiger partial charge in [0, 0.05) is 24.7 Å². The topological polar surface area (TPSA) is 70.7 Å². The molecular weight excluding hydrogens is 258 g/mol. The van der Waals surface area contributed by atoms with Gasteiger partial charge in [0.25, 0.3) is 0 Å². The Kier molecular flexibility index (Phi) is 6.26. The molecule has 0 aromatic rings. The van der Waals surface area contributed by atoms with Crippen LogP contribution < -0.4 is 10.6 Å². The molecule has 20 heavy (non-hydrogen) atoms. The van der Waals surface area contributed by atoms with Crippen molar-refractivity contribution in [3.8, 4) is 0 Å². The molecule has 2 N–H and O–H groups in total. The lowest BCUT2D eigenvalue weighted by Crippen LogP contribution is -2.49. The van der Waals surface area contributed by atoms with Crippen LogP contribution in [0.4, 0.5) is 4.79 Å². The highest BCUT2D eigenvalue weighted by Gasteiger charge is 2.24. The number of carbonyl (C=O) groups is 2. The molecule has 0 saturated carbocycles. The second-order valence-corrected chi connectivity index (χ2v) is 6.14. The van der Waals surface area contributed by atoms with Gasteiger partial charge >= 0.3 is 6.09 Å². The van der Waals surface area contributed by atoms with E-state index in [2.05, 4.69) is 10.6 Å². The van der Waals surface area contributed by atoms with E-state index in [1.54, 1.807) is 11.8 Å². The van der Waals surface area contributed by atoms with Crippen LogP contribution in [0.5, 0.6) is 0 Å². The number of likely N-dealkylation sites (tertiary alicyclic amines) is 1. The van der Waals surface area contributed by atoms with Crippen LogP contribution in [0.15, 0.2) is 0 Å². The van der Waals surface area contributed by atoms with Gasteiger partial charge in [-0.2, -0.15) is 0 Å². The highest BCUT2D eigenvalue weighted by molar-refractivity contribution is 5.78. The summed E-state index contributed by atoms with van der Waals surface area (Å²) in [6, 6.07) is 0.284. The molecule has 0 radical (unpaired) electrons. The zero-order valence-corrected chi connectivity index (χ0v) is 13.0. The molecule has 0 atom stereocenters. The second-order valence-electron chi connectivity index (χ2n) is 6.14. The molecule has 0 spiro atoms. The number of piperidine rings is 1. The van der Waals surface area contributed by atoms with Crippen molar-refractivity contribution in [1.29, 1.82) is 0 Å². The fraction of sp³-hybridized carbons (Fsp3) is 0.857. The monoisotopic (exact) mass is 285 g/mol. The van der Waals surface area contributed by atoms with E-state index in [9.17, 15) is 9.59 Å². The maximum Gasteiger partial charge on any atom is 0.409 e. The summed E-state index contributed by atoms with van der Waals surface area (Å²) in [4.78, 5) is 25.0. The number of carbonyl (C=O) groups excluding carboxylic acids is 2. The van der Waals surface area contributed by atoms with Gasteiger partial charge in [-0.15, -0.1) is 0 Å². The molecule has 1 saturated heterocycles. The van der Waals surface area contributed by atoms with E-state index in [1.165, 1.54) is 0 Å². The van der Waals surface area contributed by atoms with Gasteiger partial charge in [0.2, 0.25) is 5.91 Å². The largest absolute Gasteiger partial charge is 0.450 e. The third-order valence-corrected chi connectivity index (χ3v) is 3.09. The zero-order valence-electron chi connectivity index (χ0n) is 13.0. The van der Waals surface area contributed by atoms with Crippen LogP contribution in [0, 0.1) is 0 Å². The van der Waals surface area contributed by atoms with Crippen LogP contribution in [-0.2, 0) is 9.53 Å². The first-order valence-electron chi connectivity index (χ1n) is 7.28. The summed E-state index contributed by atoms with van der Waals surface area (Å²) in [7, 11) is 0. The van der Waals surface area contributed by atoms with Gasteiger partial charge in [0.05, 0.1) is 13.2 Å². The SMILES string of the molecule is CCOC(=O)N1CCC(NCC(=O)NC(C)(C)C)CC1. The molecule has 0 bridgehead atoms. The van der Waals surface area contributed by atoms with E-state index < -0.39 is 0 Å². The smallest absolute Gasteiger partial charge is 0.409 e. The normalized spacial score (nSPS) is 16.9. The number of nitrogens with one attached hydrogen (secondary N) is 2. The summed E-state index contributed by atoms with van der Waals surface area (Å²) in [6.07, 6.45) is 1.46. The van der Waals surface area contributed by atoms with Gasteiger partial charge in [-0.3, -0.25) is 4.79 Å². The quantitative estimate of drug-likeness (QED) is 0.812. The Balaban J connectivity index is 2.23. The van der Waals surface area contributed by atoms with Crippen LogP contribution in [0.2, 0.25) is 0 Å². The first-order chi connectivity index (χ1) is 9.31. The van der Waals surface area contributed by atoms with Gasteiger partial charge in [-0.05, 0) is 40.5 Å². The molecule has 116 valence electrons. The summed E-state index contributed by atoms with van der Waals surface area (Å²) in [6.45, 7) is 9.77. The fourth-order valence-corrected chi connectivity index (χ4v) is 2.18. The minimum Gasteiger partial charge on any atom is -0.450 e. The third-order valence-electron chi connectivity index (χ3n) is 3.09. The molecule has 1 heterocycles. The Morgan fingerprint density at radius 2 is 1.85 bits per heavy atom. The van der Waals surface area contributed by atoms with Crippen molar-refractivity contribution in [3.05, 3.63) is 0 Å². The van der Waals surface area contributed by atoms with E-state index in [4.69, 9.17) is 4.74 Å². The van der Waals surface area contributed by atoms with Crippen molar-refractivity contribution in [2.24, 2.45) is 0 Å². The summed E-state index contributed by atoms with van der Waals surface area (Å²) in [5.74, 6) is 0.00493. The number of nitrogens with zero attached hydrogens (tertiary/aromatic N) is 1. The lowest BCUT2D eigenvalue weighted by atomic mass is 10.1. The lowest BCUT2D eigenvalue weighted by molar-refractivity contribution is -0.121. The molecule has 2 amide bonds. The zero-order chi connectivity index (χ0) is 15.2. The van der Waals surface area contributed by atoms with Gasteiger partial charge in [-0.25, -0.2) is 4.79 Å². The molecule has 0 aliphatic carbocycles. The van der Waals surface area contributed by atoms with Crippen molar-refractivity contribution < 1.29 is 14.3 Å². The minimum atomic E-state index is -0.239. The van der Waals surface area contributed by atoms with Crippen molar-refractivity contribution in [2.45, 2.75) is 52.1 Å². The predicted molar refractivity (Wildman–Crippen MR) is 77.5 cm³/mol. The van der Waals surface area contributed by atoms with Crippen molar-refractivity contribution in [3.63, 3.8) is 0 Å². The fourth-order valence-electron chi connectivity index (χ4n) is 2.18. The van der Waals surface area contributed by atoms with Crippen LogP contribution in [0.1, 0.15) is 40.5 Å². The summed E-state index contributed by atoms with van der Waals surface area (Å²) < 4.78 is 4.97. The molecule has 0 aromatic carbocycles. The average molecular weight is 285 g/mol. The Labute approximate surface area is 121 Å². The Hall–Kier alpha value is -1.30. The van der Waals surface area contributed by atoms with Crippen molar-refractivity contribution >= 4 is 12.0 Å². The average Bonchev–Trinajstić information content (AvgIpc) is 2.35. The standard InChI is InChI=1S/C14H27N3O3/c1-5-20-13(19)17-8-6-11(7-9-17)15-10-12(18)16-14(2,3)4/h11,15H,5-10H2,1-4H3,(H,16,18). The highest BCUT2D eigenvalue weighted by Crippen LogP contribution is 2.11. The van der Waals surface area contributed by atoms with Gasteiger partial charge in [0.15, 0.2) is 0 Å². The number of amides is 2. The Morgan fingerprint density at radius 3 is 2.35 bits per heavy atom. The molecule has 1 aliphatic rings. The molecule has 6 nitrogen and oxygen atoms in total. The number of rotatable bonds is 4. The summed E-state index contributed by atoms with van der Waals surface area (Å²) >= 11 is 0. The van der Waals surface area contributed by atoms with E-state index >= 15 is 0 Å². The number of hydrogen-bond donors (Lipinski definition) is 2. The third kappa shape index (κ3) is 6.23. The maximum absolute atomic E-state index is 11.7. The van der Waals surface area contributed by atoms with Crippen LogP contribution in [0.25, 0.3) is 0 Å². The summed E-state index contributed by atoms with van der Waals surface area (Å²) in [5.41, 5.74) is -0.202. The second kappa shape index (κ2) is 7.47.